The lowest BCUT2D eigenvalue weighted by molar-refractivity contribution is 0.0996. The zero-order chi connectivity index (χ0) is 9.84. The van der Waals surface area contributed by atoms with Crippen molar-refractivity contribution in [2.45, 2.75) is 0 Å². The van der Waals surface area contributed by atoms with Gasteiger partial charge in [0.1, 0.15) is 5.69 Å². The topological polar surface area (TPSA) is 94.3 Å². The molecule has 0 saturated heterocycles. The molecule has 70 valence electrons. The van der Waals surface area contributed by atoms with Crippen LogP contribution in [0.15, 0.2) is 5.38 Å². The van der Waals surface area contributed by atoms with E-state index in [0.717, 1.165) is 11.3 Å². The van der Waals surface area contributed by atoms with E-state index in [1.165, 1.54) is 12.5 Å². The monoisotopic (exact) mass is 201 g/mol. The summed E-state index contributed by atoms with van der Waals surface area (Å²) in [7, 11) is 1.23. The summed E-state index contributed by atoms with van der Waals surface area (Å²) in [6.45, 7) is 0. The number of carbonyl (C=O) groups excluding carboxylic acids is 2. The van der Waals surface area contributed by atoms with Crippen LogP contribution in [0.5, 0.6) is 0 Å². The van der Waals surface area contributed by atoms with Crippen LogP contribution in [0.2, 0.25) is 0 Å². The van der Waals surface area contributed by atoms with Crippen LogP contribution in [0.25, 0.3) is 0 Å². The Morgan fingerprint density at radius 1 is 1.69 bits per heavy atom. The largest absolute Gasteiger partial charge is 0.453 e. The number of nitrogens with one attached hydrogen (secondary N) is 1. The maximum atomic E-state index is 10.7. The molecular formula is C6H7N3O3S. The van der Waals surface area contributed by atoms with Gasteiger partial charge in [0.15, 0.2) is 5.13 Å². The van der Waals surface area contributed by atoms with E-state index in [9.17, 15) is 9.59 Å². The molecule has 0 aromatic carbocycles. The zero-order valence-electron chi connectivity index (χ0n) is 6.73. The Bertz CT molecular complexity index is 336. The fraction of sp³-hybridized carbons (Fsp3) is 0.167. The molecule has 0 aliphatic carbocycles. The summed E-state index contributed by atoms with van der Waals surface area (Å²) < 4.78 is 4.32. The van der Waals surface area contributed by atoms with Gasteiger partial charge in [0.2, 0.25) is 0 Å². The van der Waals surface area contributed by atoms with Gasteiger partial charge < -0.3 is 10.5 Å². The normalized spacial score (nSPS) is 9.31. The number of hydrogen-bond donors (Lipinski definition) is 2. The predicted molar refractivity (Wildman–Crippen MR) is 46.7 cm³/mol. The average molecular weight is 201 g/mol. The number of ether oxygens (including phenoxy) is 1. The molecule has 0 atom stereocenters. The van der Waals surface area contributed by atoms with Crippen molar-refractivity contribution < 1.29 is 14.3 Å². The molecule has 3 N–H and O–H groups in total. The van der Waals surface area contributed by atoms with E-state index in [0.29, 0.717) is 0 Å². The van der Waals surface area contributed by atoms with Crippen LogP contribution in [-0.4, -0.2) is 24.1 Å². The second-order valence-corrected chi connectivity index (χ2v) is 2.88. The summed E-state index contributed by atoms with van der Waals surface area (Å²) in [6, 6.07) is 0. The van der Waals surface area contributed by atoms with Crippen molar-refractivity contribution >= 4 is 28.5 Å². The number of carbonyl (C=O) groups is 2. The highest BCUT2D eigenvalue weighted by Crippen LogP contribution is 2.14. The number of hydrogen-bond acceptors (Lipinski definition) is 5. The Labute approximate surface area is 77.7 Å². The van der Waals surface area contributed by atoms with Gasteiger partial charge in [-0.25, -0.2) is 9.78 Å². The number of primary amides is 1. The number of methoxy groups -OCH3 is 1. The quantitative estimate of drug-likeness (QED) is 0.725. The molecule has 0 saturated carbocycles. The third-order valence-electron chi connectivity index (χ3n) is 1.15. The Kier molecular flexibility index (Phi) is 2.80. The van der Waals surface area contributed by atoms with E-state index in [-0.39, 0.29) is 10.8 Å². The minimum absolute atomic E-state index is 0.122. The third-order valence-corrected chi connectivity index (χ3v) is 1.91. The van der Waals surface area contributed by atoms with Gasteiger partial charge >= 0.3 is 6.09 Å². The Hall–Kier alpha value is -1.63. The van der Waals surface area contributed by atoms with Crippen LogP contribution >= 0.6 is 11.3 Å². The molecule has 0 unspecified atom stereocenters. The van der Waals surface area contributed by atoms with E-state index in [2.05, 4.69) is 15.0 Å². The minimum atomic E-state index is -0.634. The molecule has 0 radical (unpaired) electrons. The van der Waals surface area contributed by atoms with E-state index >= 15 is 0 Å². The van der Waals surface area contributed by atoms with Crippen LogP contribution in [0.4, 0.5) is 9.93 Å². The van der Waals surface area contributed by atoms with Crippen molar-refractivity contribution in [3.8, 4) is 0 Å². The SMILES string of the molecule is COC(=O)Nc1nc(C(N)=O)cs1. The standard InChI is InChI=1S/C6H7N3O3S/c1-12-6(11)9-5-8-3(2-13-5)4(7)10/h2H,1H3,(H2,7,10)(H,8,9,11). The Balaban J connectivity index is 2.69. The molecular weight excluding hydrogens is 194 g/mol. The van der Waals surface area contributed by atoms with Gasteiger partial charge in [0.05, 0.1) is 7.11 Å². The summed E-state index contributed by atoms with van der Waals surface area (Å²) in [4.78, 5) is 25.0. The minimum Gasteiger partial charge on any atom is -0.453 e. The van der Waals surface area contributed by atoms with Crippen molar-refractivity contribution in [3.05, 3.63) is 11.1 Å². The third kappa shape index (κ3) is 2.41. The Morgan fingerprint density at radius 3 is 2.85 bits per heavy atom. The molecule has 1 aromatic heterocycles. The molecule has 0 bridgehead atoms. The first-order chi connectivity index (χ1) is 6.13. The average Bonchev–Trinajstić information content (AvgIpc) is 2.52. The molecule has 0 aliphatic heterocycles. The maximum Gasteiger partial charge on any atom is 0.413 e. The lowest BCUT2D eigenvalue weighted by Crippen LogP contribution is -2.13. The van der Waals surface area contributed by atoms with E-state index in [1.54, 1.807) is 0 Å². The lowest BCUT2D eigenvalue weighted by atomic mass is 10.5. The van der Waals surface area contributed by atoms with E-state index in [4.69, 9.17) is 5.73 Å². The molecule has 0 spiro atoms. The highest BCUT2D eigenvalue weighted by atomic mass is 32.1. The fourth-order valence-corrected chi connectivity index (χ4v) is 1.27. The number of nitrogens with two attached hydrogens (primary N) is 1. The first kappa shape index (κ1) is 9.46. The highest BCUT2D eigenvalue weighted by molar-refractivity contribution is 7.14. The van der Waals surface area contributed by atoms with Gasteiger partial charge in [0, 0.05) is 5.38 Å². The van der Waals surface area contributed by atoms with Crippen molar-refractivity contribution in [1.29, 1.82) is 0 Å². The zero-order valence-corrected chi connectivity index (χ0v) is 7.55. The number of aromatic nitrogens is 1. The second-order valence-electron chi connectivity index (χ2n) is 2.02. The molecule has 1 aromatic rings. The summed E-state index contributed by atoms with van der Waals surface area (Å²) >= 11 is 1.10. The summed E-state index contributed by atoms with van der Waals surface area (Å²) in [5.41, 5.74) is 5.07. The summed E-state index contributed by atoms with van der Waals surface area (Å²) in [6.07, 6.45) is -0.634. The predicted octanol–water partition coefficient (Wildman–Crippen LogP) is 0.420. The summed E-state index contributed by atoms with van der Waals surface area (Å²) in [5.74, 6) is -0.630. The number of nitrogens with zero attached hydrogens (tertiary/aromatic N) is 1. The smallest absolute Gasteiger partial charge is 0.413 e. The lowest BCUT2D eigenvalue weighted by Gasteiger charge is -1.96. The van der Waals surface area contributed by atoms with Crippen molar-refractivity contribution in [1.82, 2.24) is 4.98 Å². The van der Waals surface area contributed by atoms with E-state index < -0.39 is 12.0 Å². The Morgan fingerprint density at radius 2 is 2.38 bits per heavy atom. The van der Waals surface area contributed by atoms with Crippen LogP contribution in [0, 0.1) is 0 Å². The van der Waals surface area contributed by atoms with E-state index in [1.807, 2.05) is 0 Å². The number of thiazole rings is 1. The van der Waals surface area contributed by atoms with Gasteiger partial charge in [-0.3, -0.25) is 10.1 Å². The number of amides is 2. The van der Waals surface area contributed by atoms with Gasteiger partial charge in [-0.15, -0.1) is 11.3 Å². The molecule has 13 heavy (non-hydrogen) atoms. The van der Waals surface area contributed by atoms with Crippen LogP contribution in [-0.2, 0) is 4.74 Å². The number of anilines is 1. The van der Waals surface area contributed by atoms with Gasteiger partial charge in [-0.05, 0) is 0 Å². The maximum absolute atomic E-state index is 10.7. The highest BCUT2D eigenvalue weighted by Gasteiger charge is 2.08. The molecule has 0 aliphatic rings. The first-order valence-corrected chi connectivity index (χ1v) is 4.11. The molecule has 0 fully saturated rings. The van der Waals surface area contributed by atoms with Crippen LogP contribution < -0.4 is 11.1 Å². The van der Waals surface area contributed by atoms with Crippen molar-refractivity contribution in [2.24, 2.45) is 5.73 Å². The van der Waals surface area contributed by atoms with Crippen LogP contribution in [0.3, 0.4) is 0 Å². The van der Waals surface area contributed by atoms with Gasteiger partial charge in [-0.1, -0.05) is 0 Å². The molecule has 6 nitrogen and oxygen atoms in total. The van der Waals surface area contributed by atoms with Crippen molar-refractivity contribution in [3.63, 3.8) is 0 Å². The van der Waals surface area contributed by atoms with Gasteiger partial charge in [-0.2, -0.15) is 0 Å². The molecule has 7 heteroatoms. The summed E-state index contributed by atoms with van der Waals surface area (Å²) in [5, 5.41) is 4.04. The molecule has 2 amide bonds. The second kappa shape index (κ2) is 3.85. The fourth-order valence-electron chi connectivity index (χ4n) is 0.583. The molecule has 1 heterocycles. The number of rotatable bonds is 2. The molecule has 1 rings (SSSR count). The van der Waals surface area contributed by atoms with Gasteiger partial charge in [0.25, 0.3) is 5.91 Å². The first-order valence-electron chi connectivity index (χ1n) is 3.24. The van der Waals surface area contributed by atoms with Crippen molar-refractivity contribution in [2.75, 3.05) is 12.4 Å². The van der Waals surface area contributed by atoms with Crippen LogP contribution in [0.1, 0.15) is 10.5 Å².